The summed E-state index contributed by atoms with van der Waals surface area (Å²) in [4.78, 5) is 2.51. The monoisotopic (exact) mass is 182 g/mol. The van der Waals surface area contributed by atoms with Gasteiger partial charge in [-0.2, -0.15) is 0 Å². The predicted octanol–water partition coefficient (Wildman–Crippen LogP) is 1.46. The molecule has 1 aliphatic heterocycles. The van der Waals surface area contributed by atoms with Gasteiger partial charge >= 0.3 is 0 Å². The average molecular weight is 182 g/mol. The van der Waals surface area contributed by atoms with E-state index in [9.17, 15) is 0 Å². The largest absolute Gasteiger partial charge is 0.330 e. The zero-order chi connectivity index (χ0) is 9.31. The molecule has 1 spiro atoms. The van der Waals surface area contributed by atoms with Crippen LogP contribution in [0, 0.1) is 11.3 Å². The highest BCUT2D eigenvalue weighted by molar-refractivity contribution is 4.98. The van der Waals surface area contributed by atoms with Gasteiger partial charge in [-0.05, 0) is 57.2 Å². The average Bonchev–Trinajstić information content (AvgIpc) is 2.06. The van der Waals surface area contributed by atoms with Gasteiger partial charge in [0.15, 0.2) is 0 Å². The summed E-state index contributed by atoms with van der Waals surface area (Å²) >= 11 is 0. The van der Waals surface area contributed by atoms with E-state index >= 15 is 0 Å². The van der Waals surface area contributed by atoms with Crippen LogP contribution in [0.15, 0.2) is 0 Å². The highest BCUT2D eigenvalue weighted by Gasteiger charge is 2.45. The number of nitrogens with zero attached hydrogens (tertiary/aromatic N) is 1. The smallest absolute Gasteiger partial charge is 0.00376 e. The lowest BCUT2D eigenvalue weighted by Gasteiger charge is -2.53. The third-order valence-corrected chi connectivity index (χ3v) is 4.17. The Morgan fingerprint density at radius 3 is 2.77 bits per heavy atom. The number of hydrogen-bond acceptors (Lipinski definition) is 2. The predicted molar refractivity (Wildman–Crippen MR) is 55.6 cm³/mol. The lowest BCUT2D eigenvalue weighted by molar-refractivity contribution is -0.0296. The molecule has 0 amide bonds. The molecule has 2 fully saturated rings. The molecule has 2 N–H and O–H groups in total. The van der Waals surface area contributed by atoms with Crippen LogP contribution < -0.4 is 5.73 Å². The molecule has 76 valence electrons. The van der Waals surface area contributed by atoms with Gasteiger partial charge in [0.25, 0.3) is 0 Å². The van der Waals surface area contributed by atoms with Gasteiger partial charge < -0.3 is 10.6 Å². The summed E-state index contributed by atoms with van der Waals surface area (Å²) in [7, 11) is 2.26. The molecule has 2 aliphatic rings. The molecule has 1 saturated heterocycles. The zero-order valence-corrected chi connectivity index (χ0v) is 8.76. The molecule has 1 aliphatic carbocycles. The van der Waals surface area contributed by atoms with E-state index in [4.69, 9.17) is 5.73 Å². The first-order chi connectivity index (χ1) is 6.27. The number of piperidine rings is 1. The zero-order valence-electron chi connectivity index (χ0n) is 8.76. The van der Waals surface area contributed by atoms with E-state index in [0.717, 1.165) is 12.5 Å². The molecule has 0 radical (unpaired) electrons. The van der Waals surface area contributed by atoms with Crippen molar-refractivity contribution < 1.29 is 0 Å². The summed E-state index contributed by atoms with van der Waals surface area (Å²) in [6.07, 6.45) is 7.01. The van der Waals surface area contributed by atoms with Gasteiger partial charge in [0.1, 0.15) is 0 Å². The Kier molecular flexibility index (Phi) is 2.61. The van der Waals surface area contributed by atoms with Crippen LogP contribution in [-0.4, -0.2) is 31.6 Å². The molecule has 2 rings (SSSR count). The molecule has 2 nitrogen and oxygen atoms in total. The minimum absolute atomic E-state index is 0.687. The second-order valence-electron chi connectivity index (χ2n) is 5.02. The van der Waals surface area contributed by atoms with E-state index in [1.807, 2.05) is 0 Å². The fourth-order valence-electron chi connectivity index (χ4n) is 3.28. The lowest BCUT2D eigenvalue weighted by Crippen LogP contribution is -2.51. The van der Waals surface area contributed by atoms with Crippen LogP contribution in [0.5, 0.6) is 0 Å². The fraction of sp³-hybridized carbons (Fsp3) is 1.00. The summed E-state index contributed by atoms with van der Waals surface area (Å²) in [6, 6.07) is 0. The first-order valence-corrected chi connectivity index (χ1v) is 5.65. The summed E-state index contributed by atoms with van der Waals surface area (Å²) in [6.45, 7) is 3.50. The summed E-state index contributed by atoms with van der Waals surface area (Å²) in [5, 5.41) is 0. The third-order valence-electron chi connectivity index (χ3n) is 4.17. The van der Waals surface area contributed by atoms with Crippen molar-refractivity contribution in [2.45, 2.75) is 32.1 Å². The van der Waals surface area contributed by atoms with Gasteiger partial charge in [0.2, 0.25) is 0 Å². The van der Waals surface area contributed by atoms with Gasteiger partial charge in [-0.3, -0.25) is 0 Å². The SMILES string of the molecule is CN1CCC(CCN)C2(CCC2)C1. The molecule has 1 unspecified atom stereocenters. The van der Waals surface area contributed by atoms with Crippen LogP contribution in [0.1, 0.15) is 32.1 Å². The Morgan fingerprint density at radius 2 is 2.23 bits per heavy atom. The molecule has 1 atom stereocenters. The second-order valence-corrected chi connectivity index (χ2v) is 5.02. The molecule has 0 bridgehead atoms. The summed E-state index contributed by atoms with van der Waals surface area (Å²) in [5.41, 5.74) is 6.37. The highest BCUT2D eigenvalue weighted by Crippen LogP contribution is 2.51. The lowest BCUT2D eigenvalue weighted by atomic mass is 9.57. The second kappa shape index (κ2) is 3.58. The maximum atomic E-state index is 5.68. The normalized spacial score (nSPS) is 33.2. The molecule has 1 heterocycles. The van der Waals surface area contributed by atoms with Gasteiger partial charge in [0, 0.05) is 6.54 Å². The summed E-state index contributed by atoms with van der Waals surface area (Å²) < 4.78 is 0. The first-order valence-electron chi connectivity index (χ1n) is 5.65. The number of hydrogen-bond donors (Lipinski definition) is 1. The first kappa shape index (κ1) is 9.47. The quantitative estimate of drug-likeness (QED) is 0.700. The highest BCUT2D eigenvalue weighted by atomic mass is 15.1. The van der Waals surface area contributed by atoms with Crippen LogP contribution in [0.2, 0.25) is 0 Å². The minimum Gasteiger partial charge on any atom is -0.330 e. The van der Waals surface area contributed by atoms with Crippen molar-refractivity contribution in [1.82, 2.24) is 4.90 Å². The Morgan fingerprint density at radius 1 is 1.46 bits per heavy atom. The van der Waals surface area contributed by atoms with E-state index < -0.39 is 0 Å². The Hall–Kier alpha value is -0.0800. The van der Waals surface area contributed by atoms with Gasteiger partial charge in [0.05, 0.1) is 0 Å². The van der Waals surface area contributed by atoms with E-state index in [0.29, 0.717) is 5.41 Å². The summed E-state index contributed by atoms with van der Waals surface area (Å²) in [5.74, 6) is 0.933. The minimum atomic E-state index is 0.687. The van der Waals surface area contributed by atoms with Crippen molar-refractivity contribution in [1.29, 1.82) is 0 Å². The van der Waals surface area contributed by atoms with Crippen molar-refractivity contribution in [3.63, 3.8) is 0 Å². The van der Waals surface area contributed by atoms with Crippen molar-refractivity contribution in [3.8, 4) is 0 Å². The van der Waals surface area contributed by atoms with Crippen LogP contribution in [0.4, 0.5) is 0 Å². The molecule has 0 aromatic carbocycles. The van der Waals surface area contributed by atoms with E-state index in [1.54, 1.807) is 0 Å². The Bertz CT molecular complexity index is 175. The van der Waals surface area contributed by atoms with Gasteiger partial charge in [-0.15, -0.1) is 0 Å². The molecule has 1 saturated carbocycles. The number of rotatable bonds is 2. The molecule has 0 aromatic rings. The fourth-order valence-corrected chi connectivity index (χ4v) is 3.28. The molecule has 2 heteroatoms. The van der Waals surface area contributed by atoms with Crippen molar-refractivity contribution in [3.05, 3.63) is 0 Å². The van der Waals surface area contributed by atoms with E-state index in [1.165, 1.54) is 45.2 Å². The van der Waals surface area contributed by atoms with Crippen molar-refractivity contribution >= 4 is 0 Å². The molecular weight excluding hydrogens is 160 g/mol. The maximum absolute atomic E-state index is 5.68. The number of nitrogens with two attached hydrogens (primary N) is 1. The van der Waals surface area contributed by atoms with Crippen LogP contribution in [-0.2, 0) is 0 Å². The van der Waals surface area contributed by atoms with E-state index in [-0.39, 0.29) is 0 Å². The number of likely N-dealkylation sites (tertiary alicyclic amines) is 1. The van der Waals surface area contributed by atoms with E-state index in [2.05, 4.69) is 11.9 Å². The van der Waals surface area contributed by atoms with Crippen LogP contribution in [0.3, 0.4) is 0 Å². The molecule has 13 heavy (non-hydrogen) atoms. The standard InChI is InChI=1S/C11H22N2/c1-13-8-4-10(3-7-12)11(9-13)5-2-6-11/h10H,2-9,12H2,1H3. The van der Waals surface area contributed by atoms with Gasteiger partial charge in [-0.1, -0.05) is 6.42 Å². The van der Waals surface area contributed by atoms with Crippen LogP contribution in [0.25, 0.3) is 0 Å². The topological polar surface area (TPSA) is 29.3 Å². The Balaban J connectivity index is 2.00. The Labute approximate surface area is 81.5 Å². The van der Waals surface area contributed by atoms with Crippen LogP contribution >= 0.6 is 0 Å². The van der Waals surface area contributed by atoms with Crippen molar-refractivity contribution in [2.24, 2.45) is 17.1 Å². The molecule has 0 aromatic heterocycles. The maximum Gasteiger partial charge on any atom is 0.00376 e. The third kappa shape index (κ3) is 1.62. The van der Waals surface area contributed by atoms with Crippen molar-refractivity contribution in [2.75, 3.05) is 26.7 Å². The molecular formula is C11H22N2. The van der Waals surface area contributed by atoms with Gasteiger partial charge in [-0.25, -0.2) is 0 Å².